The van der Waals surface area contributed by atoms with Crippen LogP contribution in [0.4, 0.5) is 0 Å². The van der Waals surface area contributed by atoms with Crippen molar-refractivity contribution in [3.8, 4) is 12.3 Å². The van der Waals surface area contributed by atoms with Crippen molar-refractivity contribution in [2.75, 3.05) is 13.2 Å². The molecular weight excluding hydrogens is 502 g/mol. The van der Waals surface area contributed by atoms with E-state index < -0.39 is 47.4 Å². The molecule has 1 fully saturated rings. The van der Waals surface area contributed by atoms with E-state index in [0.29, 0.717) is 36.8 Å². The predicted molar refractivity (Wildman–Crippen MR) is 145 cm³/mol. The van der Waals surface area contributed by atoms with Crippen LogP contribution < -0.4 is 10.6 Å². The molecule has 1 aromatic rings. The summed E-state index contributed by atoms with van der Waals surface area (Å²) < 4.78 is 0. The van der Waals surface area contributed by atoms with Crippen molar-refractivity contribution in [1.29, 1.82) is 0 Å². The highest BCUT2D eigenvalue weighted by Gasteiger charge is 2.44. The minimum atomic E-state index is -0.970. The van der Waals surface area contributed by atoms with Crippen LogP contribution in [0.25, 0.3) is 0 Å². The Kier molecular flexibility index (Phi) is 11.9. The second-order valence-electron chi connectivity index (χ2n) is 11.1. The number of hydrogen-bond acceptors (Lipinski definition) is 6. The van der Waals surface area contributed by atoms with Crippen molar-refractivity contribution in [2.24, 2.45) is 5.41 Å². The SMILES string of the molecule is C#Cc1ccc([C@H](CO)NC(=O)[C@@H]2C[C@@H](O)CN2C(=O)C(NC(=O)CCCCCCC(=O)O)C(C)(C)C)cc1. The number of terminal acetylenes is 1. The van der Waals surface area contributed by atoms with Gasteiger partial charge >= 0.3 is 5.97 Å². The molecule has 1 unspecified atom stereocenters. The molecule has 0 bridgehead atoms. The lowest BCUT2D eigenvalue weighted by Crippen LogP contribution is -2.58. The molecule has 39 heavy (non-hydrogen) atoms. The number of carbonyl (C=O) groups is 4. The molecule has 1 aromatic carbocycles. The maximum absolute atomic E-state index is 13.7. The molecule has 2 rings (SSSR count). The Labute approximate surface area is 230 Å². The zero-order valence-electron chi connectivity index (χ0n) is 23.0. The topological polar surface area (TPSA) is 156 Å². The van der Waals surface area contributed by atoms with Crippen LogP contribution in [-0.4, -0.2) is 75.2 Å². The van der Waals surface area contributed by atoms with Gasteiger partial charge in [0.15, 0.2) is 0 Å². The summed E-state index contributed by atoms with van der Waals surface area (Å²) in [6.45, 7) is 5.01. The van der Waals surface area contributed by atoms with Crippen LogP contribution in [0.3, 0.4) is 0 Å². The normalized spacial score (nSPS) is 18.6. The van der Waals surface area contributed by atoms with Crippen molar-refractivity contribution >= 4 is 23.7 Å². The third-order valence-electron chi connectivity index (χ3n) is 6.81. The fourth-order valence-corrected chi connectivity index (χ4v) is 4.58. The molecule has 1 aliphatic heterocycles. The first-order chi connectivity index (χ1) is 18.4. The fourth-order valence-electron chi connectivity index (χ4n) is 4.58. The van der Waals surface area contributed by atoms with Gasteiger partial charge in [-0.2, -0.15) is 0 Å². The van der Waals surface area contributed by atoms with Gasteiger partial charge in [-0.05, 0) is 36.0 Å². The number of carbonyl (C=O) groups excluding carboxylic acids is 3. The Morgan fingerprint density at radius 2 is 1.67 bits per heavy atom. The molecule has 0 spiro atoms. The van der Waals surface area contributed by atoms with Gasteiger partial charge in [0.25, 0.3) is 0 Å². The molecule has 0 aromatic heterocycles. The van der Waals surface area contributed by atoms with Gasteiger partial charge in [-0.25, -0.2) is 0 Å². The van der Waals surface area contributed by atoms with E-state index in [1.54, 1.807) is 24.3 Å². The average molecular weight is 544 g/mol. The van der Waals surface area contributed by atoms with Crippen LogP contribution in [-0.2, 0) is 19.2 Å². The number of carboxylic acids is 1. The molecule has 10 nitrogen and oxygen atoms in total. The van der Waals surface area contributed by atoms with E-state index in [1.807, 2.05) is 20.8 Å². The summed E-state index contributed by atoms with van der Waals surface area (Å²) in [5, 5.41) is 34.6. The lowest BCUT2D eigenvalue weighted by Gasteiger charge is -2.35. The second-order valence-corrected chi connectivity index (χ2v) is 11.1. The van der Waals surface area contributed by atoms with Crippen LogP contribution >= 0.6 is 0 Å². The highest BCUT2D eigenvalue weighted by molar-refractivity contribution is 5.93. The van der Waals surface area contributed by atoms with Crippen molar-refractivity contribution < 1.29 is 34.5 Å². The van der Waals surface area contributed by atoms with Crippen LogP contribution in [0.15, 0.2) is 24.3 Å². The molecule has 10 heteroatoms. The zero-order valence-corrected chi connectivity index (χ0v) is 23.0. The van der Waals surface area contributed by atoms with E-state index in [1.165, 1.54) is 4.90 Å². The maximum atomic E-state index is 13.7. The van der Waals surface area contributed by atoms with Gasteiger partial charge in [0, 0.05) is 31.4 Å². The Balaban J connectivity index is 2.06. The van der Waals surface area contributed by atoms with Gasteiger partial charge in [-0.1, -0.05) is 51.7 Å². The molecule has 214 valence electrons. The van der Waals surface area contributed by atoms with Gasteiger partial charge in [0.1, 0.15) is 12.1 Å². The predicted octanol–water partition coefficient (Wildman–Crippen LogP) is 1.74. The number of unbranched alkanes of at least 4 members (excludes halogenated alkanes) is 3. The summed E-state index contributed by atoms with van der Waals surface area (Å²) in [6.07, 6.45) is 7.32. The fraction of sp³-hybridized carbons (Fsp3) is 0.586. The number of nitrogens with zero attached hydrogens (tertiary/aromatic N) is 1. The summed E-state index contributed by atoms with van der Waals surface area (Å²) in [7, 11) is 0. The average Bonchev–Trinajstić information content (AvgIpc) is 3.28. The Morgan fingerprint density at radius 3 is 2.21 bits per heavy atom. The number of rotatable bonds is 13. The van der Waals surface area contributed by atoms with Crippen molar-refractivity contribution in [2.45, 2.75) is 89.9 Å². The highest BCUT2D eigenvalue weighted by atomic mass is 16.4. The van der Waals surface area contributed by atoms with Crippen LogP contribution in [0.2, 0.25) is 0 Å². The summed E-state index contributed by atoms with van der Waals surface area (Å²) in [6, 6.07) is 4.19. The van der Waals surface area contributed by atoms with Crippen LogP contribution in [0.1, 0.15) is 82.9 Å². The van der Waals surface area contributed by atoms with Crippen molar-refractivity contribution in [1.82, 2.24) is 15.5 Å². The van der Waals surface area contributed by atoms with Crippen LogP contribution in [0, 0.1) is 17.8 Å². The molecule has 0 saturated carbocycles. The molecule has 1 saturated heterocycles. The molecular formula is C29H41N3O7. The second kappa shape index (κ2) is 14.7. The number of aliphatic hydroxyl groups is 2. The minimum absolute atomic E-state index is 0.0346. The first-order valence-electron chi connectivity index (χ1n) is 13.3. The third-order valence-corrected chi connectivity index (χ3v) is 6.81. The minimum Gasteiger partial charge on any atom is -0.481 e. The molecule has 5 N–H and O–H groups in total. The van der Waals surface area contributed by atoms with E-state index in [4.69, 9.17) is 11.5 Å². The molecule has 0 radical (unpaired) electrons. The first kappa shape index (κ1) is 31.8. The lowest BCUT2D eigenvalue weighted by atomic mass is 9.85. The third kappa shape index (κ3) is 9.68. The summed E-state index contributed by atoms with van der Waals surface area (Å²) in [5.41, 5.74) is 0.629. The van der Waals surface area contributed by atoms with Gasteiger partial charge in [-0.3, -0.25) is 19.2 Å². The number of aliphatic hydroxyl groups excluding tert-OH is 2. The van der Waals surface area contributed by atoms with E-state index >= 15 is 0 Å². The van der Waals surface area contributed by atoms with E-state index in [2.05, 4.69) is 16.6 Å². The highest BCUT2D eigenvalue weighted by Crippen LogP contribution is 2.27. The molecule has 1 heterocycles. The number of aliphatic carboxylic acids is 1. The van der Waals surface area contributed by atoms with Gasteiger partial charge in [-0.15, -0.1) is 6.42 Å². The Morgan fingerprint density at radius 1 is 1.05 bits per heavy atom. The number of β-amino-alcohol motifs (C(OH)–C–C–N with tert-alkyl or cyclic N) is 1. The Bertz CT molecular complexity index is 1040. The largest absolute Gasteiger partial charge is 0.481 e. The summed E-state index contributed by atoms with van der Waals surface area (Å²) in [5.74, 6) is 0.378. The summed E-state index contributed by atoms with van der Waals surface area (Å²) in [4.78, 5) is 51.5. The molecule has 4 atom stereocenters. The number of nitrogens with one attached hydrogen (secondary N) is 2. The van der Waals surface area contributed by atoms with Gasteiger partial charge in [0.2, 0.25) is 17.7 Å². The van der Waals surface area contributed by atoms with Crippen LogP contribution in [0.5, 0.6) is 0 Å². The number of hydrogen-bond donors (Lipinski definition) is 5. The van der Waals surface area contributed by atoms with E-state index in [9.17, 15) is 29.4 Å². The number of amides is 3. The standard InChI is InChI=1S/C29H41N3O7/c1-5-19-12-14-20(15-13-19)22(18-33)30-27(38)23-16-21(34)17-32(23)28(39)26(29(2,3)4)31-24(35)10-8-6-7-9-11-25(36)37/h1,12-15,21-23,26,33-34H,6-11,16-18H2,2-4H3,(H,30,38)(H,31,35)(H,36,37)/t21-,22+,23+,26?/m1/s1. The Hall–Kier alpha value is -3.42. The molecule has 0 aliphatic carbocycles. The van der Waals surface area contributed by atoms with E-state index in [0.717, 1.165) is 0 Å². The quantitative estimate of drug-likeness (QED) is 0.187. The number of likely N-dealkylation sites (tertiary alicyclic amines) is 1. The van der Waals surface area contributed by atoms with Gasteiger partial charge < -0.3 is 30.9 Å². The number of benzene rings is 1. The van der Waals surface area contributed by atoms with Gasteiger partial charge in [0.05, 0.1) is 18.8 Å². The van der Waals surface area contributed by atoms with E-state index in [-0.39, 0.29) is 38.3 Å². The summed E-state index contributed by atoms with van der Waals surface area (Å²) >= 11 is 0. The zero-order chi connectivity index (χ0) is 29.2. The van der Waals surface area contributed by atoms with Crippen molar-refractivity contribution in [3.05, 3.63) is 35.4 Å². The lowest BCUT2D eigenvalue weighted by molar-refractivity contribution is -0.144. The monoisotopic (exact) mass is 543 g/mol. The first-order valence-corrected chi connectivity index (χ1v) is 13.3. The molecule has 3 amide bonds. The molecule has 1 aliphatic rings. The van der Waals surface area contributed by atoms with Crippen molar-refractivity contribution in [3.63, 3.8) is 0 Å². The smallest absolute Gasteiger partial charge is 0.303 e. The maximum Gasteiger partial charge on any atom is 0.303 e. The number of carboxylic acid groups (broad SMARTS) is 1.